The minimum atomic E-state index is -0.125. The van der Waals surface area contributed by atoms with Gasteiger partial charge >= 0.3 is 6.01 Å². The molecule has 33 heavy (non-hydrogen) atoms. The van der Waals surface area contributed by atoms with E-state index in [2.05, 4.69) is 30.6 Å². The molecule has 0 spiro atoms. The van der Waals surface area contributed by atoms with Crippen LogP contribution >= 0.6 is 11.6 Å². The van der Waals surface area contributed by atoms with Crippen molar-refractivity contribution in [3.63, 3.8) is 0 Å². The van der Waals surface area contributed by atoms with Crippen molar-refractivity contribution in [2.75, 3.05) is 19.5 Å². The molecule has 2 aliphatic rings. The Kier molecular flexibility index (Phi) is 4.41. The van der Waals surface area contributed by atoms with E-state index < -0.39 is 0 Å². The number of nitrogens with zero attached hydrogens (tertiary/aromatic N) is 3. The smallest absolute Gasteiger partial charge is 0.316 e. The van der Waals surface area contributed by atoms with E-state index in [1.165, 1.54) is 7.11 Å². The molecule has 4 heterocycles. The number of para-hydroxylation sites is 1. The number of benzene rings is 1. The lowest BCUT2D eigenvalue weighted by molar-refractivity contribution is 0.0944. The molecule has 6 rings (SSSR count). The molecule has 3 N–H and O–H groups in total. The number of hydrogen-bond acceptors (Lipinski definition) is 7. The van der Waals surface area contributed by atoms with Gasteiger partial charge in [0.05, 0.1) is 48.1 Å². The number of aromatic amines is 1. The van der Waals surface area contributed by atoms with Gasteiger partial charge in [-0.1, -0.05) is 17.7 Å². The first kappa shape index (κ1) is 19.8. The van der Waals surface area contributed by atoms with E-state index in [-0.39, 0.29) is 23.9 Å². The molecule has 1 fully saturated rings. The van der Waals surface area contributed by atoms with Crippen LogP contribution in [0.2, 0.25) is 5.02 Å². The first-order valence-corrected chi connectivity index (χ1v) is 10.8. The van der Waals surface area contributed by atoms with Crippen molar-refractivity contribution in [1.82, 2.24) is 25.3 Å². The quantitative estimate of drug-likeness (QED) is 0.410. The topological polar surface area (TPSA) is 114 Å². The minimum absolute atomic E-state index is 0.125. The number of methoxy groups -OCH3 is 2. The first-order chi connectivity index (χ1) is 16.1. The predicted octanol–water partition coefficient (Wildman–Crippen LogP) is 4.03. The SMILES string of the molecule is COc1ncc2nccc(-c3[nH]c4c(c3Nc3cccc(Cl)c3OC)C(=O)N[C@@H]3C[C@H]43)c2n1. The molecule has 1 saturated carbocycles. The van der Waals surface area contributed by atoms with Gasteiger partial charge in [0.25, 0.3) is 5.91 Å². The van der Waals surface area contributed by atoms with E-state index in [1.807, 2.05) is 18.2 Å². The van der Waals surface area contributed by atoms with Gasteiger partial charge in [0.1, 0.15) is 11.0 Å². The van der Waals surface area contributed by atoms with Crippen LogP contribution in [-0.2, 0) is 0 Å². The van der Waals surface area contributed by atoms with Gasteiger partial charge in [-0.05, 0) is 24.6 Å². The summed E-state index contributed by atoms with van der Waals surface area (Å²) in [6.45, 7) is 0. The third-order valence-corrected chi connectivity index (χ3v) is 6.37. The third kappa shape index (κ3) is 3.07. The number of H-pyrrole nitrogens is 1. The lowest BCUT2D eigenvalue weighted by Gasteiger charge is -2.17. The number of fused-ring (bicyclic) bond motifs is 4. The highest BCUT2D eigenvalue weighted by Gasteiger charge is 2.48. The predicted molar refractivity (Wildman–Crippen MR) is 124 cm³/mol. The Morgan fingerprint density at radius 3 is 2.88 bits per heavy atom. The van der Waals surface area contributed by atoms with Gasteiger partial charge in [0.15, 0.2) is 5.75 Å². The van der Waals surface area contributed by atoms with Crippen LogP contribution in [0.15, 0.2) is 36.7 Å². The van der Waals surface area contributed by atoms with Crippen molar-refractivity contribution in [3.8, 4) is 23.0 Å². The average molecular weight is 463 g/mol. The fourth-order valence-electron chi connectivity index (χ4n) is 4.45. The average Bonchev–Trinajstić information content (AvgIpc) is 3.50. The molecule has 10 heteroatoms. The Hall–Kier alpha value is -3.85. The van der Waals surface area contributed by atoms with Gasteiger partial charge < -0.3 is 25.1 Å². The summed E-state index contributed by atoms with van der Waals surface area (Å²) in [5, 5.41) is 6.95. The summed E-state index contributed by atoms with van der Waals surface area (Å²) in [7, 11) is 3.07. The summed E-state index contributed by atoms with van der Waals surface area (Å²) in [5.74, 6) is 0.620. The summed E-state index contributed by atoms with van der Waals surface area (Å²) in [4.78, 5) is 29.7. The van der Waals surface area contributed by atoms with E-state index in [0.717, 1.165) is 23.4 Å². The molecule has 1 amide bonds. The van der Waals surface area contributed by atoms with Crippen molar-refractivity contribution < 1.29 is 14.3 Å². The molecule has 9 nitrogen and oxygen atoms in total. The third-order valence-electron chi connectivity index (χ3n) is 6.07. The molecule has 1 aliphatic heterocycles. The minimum Gasteiger partial charge on any atom is -0.493 e. The number of pyridine rings is 1. The van der Waals surface area contributed by atoms with Crippen molar-refractivity contribution in [1.29, 1.82) is 0 Å². The van der Waals surface area contributed by atoms with Crippen LogP contribution < -0.4 is 20.1 Å². The monoisotopic (exact) mass is 462 g/mol. The second-order valence-corrected chi connectivity index (χ2v) is 8.39. The summed E-state index contributed by atoms with van der Waals surface area (Å²) in [5.41, 5.74) is 5.46. The Morgan fingerprint density at radius 2 is 2.06 bits per heavy atom. The molecule has 1 aliphatic carbocycles. The lowest BCUT2D eigenvalue weighted by Crippen LogP contribution is -2.31. The lowest BCUT2D eigenvalue weighted by atomic mass is 10.0. The summed E-state index contributed by atoms with van der Waals surface area (Å²) in [6.07, 6.45) is 4.22. The molecule has 2 atom stereocenters. The maximum Gasteiger partial charge on any atom is 0.316 e. The first-order valence-electron chi connectivity index (χ1n) is 10.4. The molecule has 3 aromatic heterocycles. The molecule has 1 aromatic carbocycles. The van der Waals surface area contributed by atoms with Gasteiger partial charge in [-0.2, -0.15) is 4.98 Å². The zero-order valence-electron chi connectivity index (χ0n) is 17.8. The summed E-state index contributed by atoms with van der Waals surface area (Å²) < 4.78 is 10.8. The molecule has 0 radical (unpaired) electrons. The number of nitrogens with one attached hydrogen (secondary N) is 3. The number of rotatable bonds is 5. The number of amides is 1. The van der Waals surface area contributed by atoms with E-state index in [4.69, 9.17) is 21.1 Å². The number of carbonyl (C=O) groups is 1. The normalized spacial score (nSPS) is 18.3. The number of aromatic nitrogens is 4. The Labute approximate surface area is 193 Å². The van der Waals surface area contributed by atoms with Crippen molar-refractivity contribution >= 4 is 39.9 Å². The zero-order valence-corrected chi connectivity index (χ0v) is 18.5. The van der Waals surface area contributed by atoms with E-state index in [0.29, 0.717) is 38.7 Å². The maximum atomic E-state index is 13.1. The van der Waals surface area contributed by atoms with Crippen LogP contribution in [0.5, 0.6) is 11.8 Å². The van der Waals surface area contributed by atoms with Crippen LogP contribution in [0.4, 0.5) is 11.4 Å². The van der Waals surface area contributed by atoms with Crippen molar-refractivity contribution in [2.24, 2.45) is 0 Å². The number of carbonyl (C=O) groups excluding carboxylic acids is 1. The highest BCUT2D eigenvalue weighted by Crippen LogP contribution is 2.50. The molecular formula is C23H19ClN6O3. The summed E-state index contributed by atoms with van der Waals surface area (Å²) >= 11 is 6.35. The van der Waals surface area contributed by atoms with Gasteiger partial charge in [-0.25, -0.2) is 4.98 Å². The van der Waals surface area contributed by atoms with Gasteiger partial charge in [-0.3, -0.25) is 9.78 Å². The van der Waals surface area contributed by atoms with Crippen molar-refractivity contribution in [3.05, 3.63) is 52.9 Å². The zero-order chi connectivity index (χ0) is 22.7. The van der Waals surface area contributed by atoms with Crippen LogP contribution in [0.3, 0.4) is 0 Å². The second-order valence-electron chi connectivity index (χ2n) is 7.98. The largest absolute Gasteiger partial charge is 0.493 e. The maximum absolute atomic E-state index is 13.1. The number of hydrogen-bond donors (Lipinski definition) is 3. The van der Waals surface area contributed by atoms with Crippen LogP contribution in [0.25, 0.3) is 22.3 Å². The number of halogens is 1. The van der Waals surface area contributed by atoms with Gasteiger partial charge in [0, 0.05) is 29.4 Å². The van der Waals surface area contributed by atoms with E-state index >= 15 is 0 Å². The standard InChI is InChI=1S/C23H19ClN6O3/c1-32-21-12(24)4-3-5-13(21)27-20-16-18(11-8-14(11)28-22(16)31)29-19(20)10-6-7-25-15-9-26-23(33-2)30-17(10)15/h3-7,9,11,14,27,29H,8H2,1-2H3,(H,28,31)/t11-,14+/m0/s1. The molecule has 0 bridgehead atoms. The Balaban J connectivity index is 1.60. The van der Waals surface area contributed by atoms with Gasteiger partial charge in [0.2, 0.25) is 0 Å². The Morgan fingerprint density at radius 1 is 1.18 bits per heavy atom. The van der Waals surface area contributed by atoms with Crippen LogP contribution in [0.1, 0.15) is 28.4 Å². The summed E-state index contributed by atoms with van der Waals surface area (Å²) in [6, 6.07) is 7.68. The molecule has 0 saturated heterocycles. The van der Waals surface area contributed by atoms with E-state index in [1.54, 1.807) is 25.6 Å². The second kappa shape index (κ2) is 7.35. The van der Waals surface area contributed by atoms with E-state index in [9.17, 15) is 4.79 Å². The van der Waals surface area contributed by atoms with Gasteiger partial charge in [-0.15, -0.1) is 0 Å². The van der Waals surface area contributed by atoms with Crippen molar-refractivity contribution in [2.45, 2.75) is 18.4 Å². The number of ether oxygens (including phenoxy) is 2. The Bertz CT molecular complexity index is 1440. The van der Waals surface area contributed by atoms with Crippen LogP contribution in [-0.4, -0.2) is 46.1 Å². The molecule has 0 unspecified atom stereocenters. The highest BCUT2D eigenvalue weighted by molar-refractivity contribution is 6.32. The molecular weight excluding hydrogens is 444 g/mol. The fraction of sp³-hybridized carbons (Fsp3) is 0.217. The number of anilines is 2. The molecule has 166 valence electrons. The highest BCUT2D eigenvalue weighted by atomic mass is 35.5. The van der Waals surface area contributed by atoms with Crippen LogP contribution in [0, 0.1) is 0 Å². The fourth-order valence-corrected chi connectivity index (χ4v) is 4.70. The molecule has 4 aromatic rings.